The van der Waals surface area contributed by atoms with Crippen molar-refractivity contribution in [1.29, 1.82) is 0 Å². The molecule has 4 rings (SSSR count). The maximum Gasteiger partial charge on any atom is 0.255 e. The Labute approximate surface area is 204 Å². The van der Waals surface area contributed by atoms with Gasteiger partial charge in [0.25, 0.3) is 5.91 Å². The lowest BCUT2D eigenvalue weighted by Crippen LogP contribution is -2.49. The van der Waals surface area contributed by atoms with Crippen LogP contribution in [0.3, 0.4) is 0 Å². The van der Waals surface area contributed by atoms with Crippen LogP contribution >= 0.6 is 0 Å². The number of piperidine rings is 1. The molecule has 0 bridgehead atoms. The van der Waals surface area contributed by atoms with Crippen molar-refractivity contribution in [3.05, 3.63) is 70.3 Å². The Morgan fingerprint density at radius 1 is 1.09 bits per heavy atom. The van der Waals surface area contributed by atoms with E-state index in [9.17, 15) is 9.59 Å². The van der Waals surface area contributed by atoms with E-state index < -0.39 is 6.04 Å². The van der Waals surface area contributed by atoms with E-state index in [2.05, 4.69) is 56.1 Å². The van der Waals surface area contributed by atoms with Crippen molar-refractivity contribution in [2.75, 3.05) is 19.6 Å². The number of nitrogens with zero attached hydrogens (tertiary/aromatic N) is 2. The number of carbonyl (C=O) groups is 2. The Hall–Kier alpha value is -2.66. The summed E-state index contributed by atoms with van der Waals surface area (Å²) in [6, 6.07) is 14.0. The highest BCUT2D eigenvalue weighted by Crippen LogP contribution is 2.27. The molecule has 2 aromatic carbocycles. The van der Waals surface area contributed by atoms with Crippen molar-refractivity contribution in [3.8, 4) is 0 Å². The SMILES string of the molecule is Cc1ccc(C)c(CN2CCC(CNC(=O)[C@H](CC(C)C)N3Cc4ccccc4C3=O)CC2)c1. The van der Waals surface area contributed by atoms with Gasteiger partial charge in [-0.1, -0.05) is 55.8 Å². The molecule has 0 spiro atoms. The number of hydrogen-bond acceptors (Lipinski definition) is 3. The number of carbonyl (C=O) groups excluding carboxylic acids is 2. The summed E-state index contributed by atoms with van der Waals surface area (Å²) in [5, 5.41) is 3.21. The Bertz CT molecular complexity index is 1020. The molecular weight excluding hydrogens is 422 g/mol. The second-order valence-corrected chi connectivity index (χ2v) is 10.6. The predicted octanol–water partition coefficient (Wildman–Crippen LogP) is 4.70. The molecule has 2 heterocycles. The number of likely N-dealkylation sites (tertiary alicyclic amines) is 1. The molecule has 1 fully saturated rings. The third kappa shape index (κ3) is 5.69. The lowest BCUT2D eigenvalue weighted by atomic mass is 9.95. The van der Waals surface area contributed by atoms with Gasteiger partial charge in [-0.05, 0) is 80.8 Å². The summed E-state index contributed by atoms with van der Waals surface area (Å²) < 4.78 is 0. The van der Waals surface area contributed by atoms with E-state index >= 15 is 0 Å². The molecule has 0 saturated carbocycles. The van der Waals surface area contributed by atoms with Gasteiger partial charge in [-0.15, -0.1) is 0 Å². The summed E-state index contributed by atoms with van der Waals surface area (Å²) in [4.78, 5) is 30.6. The molecule has 2 aliphatic rings. The number of benzene rings is 2. The summed E-state index contributed by atoms with van der Waals surface area (Å²) in [5.74, 6) is 0.800. The maximum absolute atomic E-state index is 13.3. The molecule has 2 aromatic rings. The first-order valence-corrected chi connectivity index (χ1v) is 12.8. The Kier molecular flexibility index (Phi) is 7.72. The van der Waals surface area contributed by atoms with Crippen molar-refractivity contribution in [2.45, 2.75) is 66.1 Å². The summed E-state index contributed by atoms with van der Waals surface area (Å²) in [6.07, 6.45) is 2.86. The van der Waals surface area contributed by atoms with E-state index in [0.29, 0.717) is 31.3 Å². The number of aryl methyl sites for hydroxylation is 2. The zero-order chi connectivity index (χ0) is 24.2. The van der Waals surface area contributed by atoms with E-state index in [1.54, 1.807) is 4.90 Å². The lowest BCUT2D eigenvalue weighted by molar-refractivity contribution is -0.126. The zero-order valence-electron chi connectivity index (χ0n) is 21.1. The summed E-state index contributed by atoms with van der Waals surface area (Å²) >= 11 is 0. The predicted molar refractivity (Wildman–Crippen MR) is 136 cm³/mol. The molecule has 0 unspecified atom stereocenters. The highest BCUT2D eigenvalue weighted by Gasteiger charge is 2.36. The third-order valence-electron chi connectivity index (χ3n) is 7.39. The van der Waals surface area contributed by atoms with Crippen LogP contribution in [-0.4, -0.2) is 47.3 Å². The molecule has 2 aliphatic heterocycles. The second kappa shape index (κ2) is 10.7. The summed E-state index contributed by atoms with van der Waals surface area (Å²) in [6.45, 7) is 12.9. The van der Waals surface area contributed by atoms with E-state index in [-0.39, 0.29) is 11.8 Å². The first-order valence-electron chi connectivity index (χ1n) is 12.8. The van der Waals surface area contributed by atoms with E-state index in [1.165, 1.54) is 16.7 Å². The quantitative estimate of drug-likeness (QED) is 0.620. The number of fused-ring (bicyclic) bond motifs is 1. The van der Waals surface area contributed by atoms with Gasteiger partial charge in [0.15, 0.2) is 0 Å². The minimum Gasteiger partial charge on any atom is -0.354 e. The van der Waals surface area contributed by atoms with Gasteiger partial charge in [0.05, 0.1) is 0 Å². The van der Waals surface area contributed by atoms with Gasteiger partial charge in [0.2, 0.25) is 5.91 Å². The van der Waals surface area contributed by atoms with Gasteiger partial charge in [-0.3, -0.25) is 14.5 Å². The van der Waals surface area contributed by atoms with Crippen LogP contribution in [0.4, 0.5) is 0 Å². The standard InChI is InChI=1S/C29H39N3O2/c1-20(2)15-27(32-19-24-7-5-6-8-26(24)29(32)34)28(33)30-17-23-11-13-31(14-12-23)18-25-16-21(3)9-10-22(25)4/h5-10,16,20,23,27H,11-15,17-19H2,1-4H3,(H,30,33)/t27-/m0/s1. The maximum atomic E-state index is 13.3. The second-order valence-electron chi connectivity index (χ2n) is 10.6. The van der Waals surface area contributed by atoms with Crippen molar-refractivity contribution >= 4 is 11.8 Å². The van der Waals surface area contributed by atoms with Crippen LogP contribution in [0.5, 0.6) is 0 Å². The molecule has 182 valence electrons. The zero-order valence-corrected chi connectivity index (χ0v) is 21.1. The number of hydrogen-bond donors (Lipinski definition) is 1. The minimum absolute atomic E-state index is 0.00679. The molecule has 1 N–H and O–H groups in total. The molecule has 1 saturated heterocycles. The number of rotatable bonds is 8. The van der Waals surface area contributed by atoms with Crippen LogP contribution in [0.1, 0.15) is 65.7 Å². The normalized spacial score (nSPS) is 17.8. The molecule has 0 aliphatic carbocycles. The first-order chi connectivity index (χ1) is 16.3. The molecule has 5 nitrogen and oxygen atoms in total. The Balaban J connectivity index is 1.30. The smallest absolute Gasteiger partial charge is 0.255 e. The van der Waals surface area contributed by atoms with E-state index in [4.69, 9.17) is 0 Å². The molecular formula is C29H39N3O2. The number of amides is 2. The fourth-order valence-electron chi connectivity index (χ4n) is 5.27. The molecule has 34 heavy (non-hydrogen) atoms. The Morgan fingerprint density at radius 3 is 2.53 bits per heavy atom. The highest BCUT2D eigenvalue weighted by molar-refractivity contribution is 6.01. The largest absolute Gasteiger partial charge is 0.354 e. The van der Waals surface area contributed by atoms with Crippen LogP contribution in [0.15, 0.2) is 42.5 Å². The van der Waals surface area contributed by atoms with Gasteiger partial charge in [0.1, 0.15) is 6.04 Å². The molecule has 0 aromatic heterocycles. The lowest BCUT2D eigenvalue weighted by Gasteiger charge is -2.33. The average Bonchev–Trinajstić information content (AvgIpc) is 3.15. The summed E-state index contributed by atoms with van der Waals surface area (Å²) in [5.41, 5.74) is 5.84. The van der Waals surface area contributed by atoms with Crippen molar-refractivity contribution in [1.82, 2.24) is 15.1 Å². The average molecular weight is 462 g/mol. The minimum atomic E-state index is -0.413. The van der Waals surface area contributed by atoms with Gasteiger partial charge < -0.3 is 10.2 Å². The van der Waals surface area contributed by atoms with Crippen LogP contribution in [-0.2, 0) is 17.9 Å². The first kappa shape index (κ1) is 24.5. The van der Waals surface area contributed by atoms with Gasteiger partial charge in [-0.2, -0.15) is 0 Å². The highest BCUT2D eigenvalue weighted by atomic mass is 16.2. The molecule has 2 amide bonds. The third-order valence-corrected chi connectivity index (χ3v) is 7.39. The van der Waals surface area contributed by atoms with Crippen LogP contribution in [0.25, 0.3) is 0 Å². The van der Waals surface area contributed by atoms with Crippen LogP contribution < -0.4 is 5.32 Å². The van der Waals surface area contributed by atoms with Crippen molar-refractivity contribution < 1.29 is 9.59 Å². The van der Waals surface area contributed by atoms with Gasteiger partial charge in [-0.25, -0.2) is 0 Å². The van der Waals surface area contributed by atoms with Gasteiger partial charge in [0, 0.05) is 25.2 Å². The van der Waals surface area contributed by atoms with Crippen LogP contribution in [0, 0.1) is 25.7 Å². The fraction of sp³-hybridized carbons (Fsp3) is 0.517. The fourth-order valence-corrected chi connectivity index (χ4v) is 5.27. The topological polar surface area (TPSA) is 52.7 Å². The Morgan fingerprint density at radius 2 is 1.82 bits per heavy atom. The van der Waals surface area contributed by atoms with Crippen LogP contribution in [0.2, 0.25) is 0 Å². The monoisotopic (exact) mass is 461 g/mol. The number of nitrogens with one attached hydrogen (secondary N) is 1. The molecule has 1 atom stereocenters. The van der Waals surface area contributed by atoms with E-state index in [0.717, 1.165) is 43.6 Å². The molecule has 0 radical (unpaired) electrons. The molecule has 5 heteroatoms. The van der Waals surface area contributed by atoms with Crippen molar-refractivity contribution in [3.63, 3.8) is 0 Å². The van der Waals surface area contributed by atoms with Crippen molar-refractivity contribution in [2.24, 2.45) is 11.8 Å². The van der Waals surface area contributed by atoms with E-state index in [1.807, 2.05) is 24.3 Å². The summed E-state index contributed by atoms with van der Waals surface area (Å²) in [7, 11) is 0. The van der Waals surface area contributed by atoms with Gasteiger partial charge >= 0.3 is 0 Å².